The van der Waals surface area contributed by atoms with Gasteiger partial charge in [0.25, 0.3) is 0 Å². The second-order valence-electron chi connectivity index (χ2n) is 5.60. The van der Waals surface area contributed by atoms with Gasteiger partial charge in [-0.2, -0.15) is 0 Å². The fourth-order valence-electron chi connectivity index (χ4n) is 2.69. The molecule has 2 aromatic rings. The van der Waals surface area contributed by atoms with Crippen LogP contribution in [0.5, 0.6) is 0 Å². The van der Waals surface area contributed by atoms with Crippen LogP contribution >= 0.6 is 11.3 Å². The lowest BCUT2D eigenvalue weighted by Gasteiger charge is -2.35. The van der Waals surface area contributed by atoms with E-state index in [-0.39, 0.29) is 11.9 Å². The second-order valence-corrected chi connectivity index (χ2v) is 6.63. The van der Waals surface area contributed by atoms with Crippen LogP contribution in [0, 0.1) is 12.7 Å². The highest BCUT2D eigenvalue weighted by molar-refractivity contribution is 7.09. The predicted octanol–water partition coefficient (Wildman–Crippen LogP) is 4.11. The van der Waals surface area contributed by atoms with E-state index in [9.17, 15) is 4.39 Å². The number of thiophene rings is 1. The minimum Gasteiger partial charge on any atom is -0.329 e. The molecule has 0 saturated carbocycles. The van der Waals surface area contributed by atoms with Gasteiger partial charge in [-0.25, -0.2) is 4.39 Å². The highest BCUT2D eigenvalue weighted by Gasteiger charge is 2.23. The lowest BCUT2D eigenvalue weighted by atomic mass is 9.98. The Kier molecular flexibility index (Phi) is 5.51. The van der Waals surface area contributed by atoms with Crippen molar-refractivity contribution in [2.45, 2.75) is 39.4 Å². The van der Waals surface area contributed by atoms with Crippen LogP contribution in [0.3, 0.4) is 0 Å². The van der Waals surface area contributed by atoms with E-state index in [2.05, 4.69) is 36.3 Å². The molecule has 0 spiro atoms. The van der Waals surface area contributed by atoms with Crippen molar-refractivity contribution in [3.8, 4) is 0 Å². The van der Waals surface area contributed by atoms with Crippen molar-refractivity contribution in [3.63, 3.8) is 0 Å². The molecule has 0 saturated heterocycles. The lowest BCUT2D eigenvalue weighted by molar-refractivity contribution is 0.149. The molecule has 0 radical (unpaired) electrons. The average molecular weight is 306 g/mol. The van der Waals surface area contributed by atoms with Crippen LogP contribution in [0.1, 0.15) is 35.9 Å². The van der Waals surface area contributed by atoms with Gasteiger partial charge in [-0.3, -0.25) is 4.90 Å². The molecule has 0 aliphatic heterocycles. The molecular weight excluding hydrogens is 283 g/mol. The molecule has 0 aliphatic rings. The number of halogens is 1. The summed E-state index contributed by atoms with van der Waals surface area (Å²) in [5, 5.41) is 2.09. The van der Waals surface area contributed by atoms with Crippen LogP contribution in [0.2, 0.25) is 0 Å². The molecule has 2 rings (SSSR count). The molecule has 2 N–H and O–H groups in total. The fourth-order valence-corrected chi connectivity index (χ4v) is 3.40. The Morgan fingerprint density at radius 1 is 1.29 bits per heavy atom. The monoisotopic (exact) mass is 306 g/mol. The van der Waals surface area contributed by atoms with Gasteiger partial charge >= 0.3 is 0 Å². The van der Waals surface area contributed by atoms with E-state index in [1.165, 1.54) is 10.9 Å². The summed E-state index contributed by atoms with van der Waals surface area (Å²) >= 11 is 1.76. The maximum Gasteiger partial charge on any atom is 0.123 e. The second kappa shape index (κ2) is 7.16. The molecule has 0 aliphatic carbocycles. The minimum absolute atomic E-state index is 0.104. The third-order valence-corrected chi connectivity index (χ3v) is 4.66. The molecule has 1 aromatic heterocycles. The maximum absolute atomic E-state index is 13.3. The van der Waals surface area contributed by atoms with E-state index in [0.717, 1.165) is 17.7 Å². The molecule has 0 fully saturated rings. The van der Waals surface area contributed by atoms with Crippen LogP contribution < -0.4 is 5.73 Å². The number of rotatable bonds is 6. The van der Waals surface area contributed by atoms with Crippen LogP contribution in [0.4, 0.5) is 4.39 Å². The van der Waals surface area contributed by atoms with E-state index in [1.54, 1.807) is 17.4 Å². The van der Waals surface area contributed by atoms with Gasteiger partial charge < -0.3 is 5.73 Å². The zero-order valence-electron chi connectivity index (χ0n) is 12.8. The Balaban J connectivity index is 2.31. The molecule has 0 bridgehead atoms. The summed E-state index contributed by atoms with van der Waals surface area (Å²) in [5.41, 5.74) is 8.12. The number of hydrogen-bond acceptors (Lipinski definition) is 3. The molecule has 1 heterocycles. The Morgan fingerprint density at radius 2 is 2.05 bits per heavy atom. The van der Waals surface area contributed by atoms with Crippen LogP contribution in [-0.2, 0) is 6.54 Å². The number of nitrogens with two attached hydrogens (primary N) is 1. The normalized spacial score (nSPS) is 13.1. The van der Waals surface area contributed by atoms with Gasteiger partial charge in [0, 0.05) is 30.1 Å². The topological polar surface area (TPSA) is 29.3 Å². The summed E-state index contributed by atoms with van der Waals surface area (Å²) < 4.78 is 13.3. The number of nitrogens with zero attached hydrogens (tertiary/aromatic N) is 1. The SMILES string of the molecule is Cc1cc(F)ccc1C(CN)N(Cc1cccs1)C(C)C. The summed E-state index contributed by atoms with van der Waals surface area (Å²) in [6, 6.07) is 9.66. The summed E-state index contributed by atoms with van der Waals surface area (Å²) in [4.78, 5) is 3.70. The minimum atomic E-state index is -0.193. The van der Waals surface area contributed by atoms with Gasteiger partial charge in [0.1, 0.15) is 5.82 Å². The van der Waals surface area contributed by atoms with Crippen molar-refractivity contribution in [2.24, 2.45) is 5.73 Å². The van der Waals surface area contributed by atoms with Crippen LogP contribution in [-0.4, -0.2) is 17.5 Å². The zero-order chi connectivity index (χ0) is 15.4. The largest absolute Gasteiger partial charge is 0.329 e. The molecule has 1 atom stereocenters. The average Bonchev–Trinajstić information content (AvgIpc) is 2.93. The van der Waals surface area contributed by atoms with Crippen molar-refractivity contribution >= 4 is 11.3 Å². The van der Waals surface area contributed by atoms with Crippen LogP contribution in [0.15, 0.2) is 35.7 Å². The van der Waals surface area contributed by atoms with Crippen molar-refractivity contribution in [1.29, 1.82) is 0 Å². The molecule has 1 aromatic carbocycles. The van der Waals surface area contributed by atoms with Crippen molar-refractivity contribution in [3.05, 3.63) is 57.5 Å². The quantitative estimate of drug-likeness (QED) is 0.870. The van der Waals surface area contributed by atoms with Crippen LogP contribution in [0.25, 0.3) is 0 Å². The number of benzene rings is 1. The third-order valence-electron chi connectivity index (χ3n) is 3.80. The number of hydrogen-bond donors (Lipinski definition) is 1. The van der Waals surface area contributed by atoms with E-state index >= 15 is 0 Å². The van der Waals surface area contributed by atoms with Gasteiger partial charge in [-0.05, 0) is 55.5 Å². The van der Waals surface area contributed by atoms with Gasteiger partial charge in [0.15, 0.2) is 0 Å². The lowest BCUT2D eigenvalue weighted by Crippen LogP contribution is -2.38. The first kappa shape index (κ1) is 16.1. The molecule has 2 nitrogen and oxygen atoms in total. The maximum atomic E-state index is 13.3. The molecular formula is C17H23FN2S. The molecule has 21 heavy (non-hydrogen) atoms. The van der Waals surface area contributed by atoms with E-state index in [4.69, 9.17) is 5.73 Å². The van der Waals surface area contributed by atoms with Gasteiger partial charge in [0.2, 0.25) is 0 Å². The predicted molar refractivity (Wildman–Crippen MR) is 87.9 cm³/mol. The van der Waals surface area contributed by atoms with Gasteiger partial charge in [-0.1, -0.05) is 12.1 Å². The van der Waals surface area contributed by atoms with E-state index in [0.29, 0.717) is 12.6 Å². The van der Waals surface area contributed by atoms with Crippen molar-refractivity contribution in [1.82, 2.24) is 4.90 Å². The van der Waals surface area contributed by atoms with Crippen molar-refractivity contribution in [2.75, 3.05) is 6.54 Å². The Morgan fingerprint density at radius 3 is 2.57 bits per heavy atom. The smallest absolute Gasteiger partial charge is 0.123 e. The highest BCUT2D eigenvalue weighted by atomic mass is 32.1. The Labute approximate surface area is 130 Å². The Hall–Kier alpha value is -1.23. The summed E-state index contributed by atoms with van der Waals surface area (Å²) in [5.74, 6) is -0.193. The number of aryl methyl sites for hydroxylation is 1. The third kappa shape index (κ3) is 3.90. The standard InChI is InChI=1S/C17H23FN2S/c1-12(2)20(11-15-5-4-8-21-15)17(10-19)16-7-6-14(18)9-13(16)3/h4-9,12,17H,10-11,19H2,1-3H3. The first-order valence-corrected chi connectivity index (χ1v) is 8.15. The highest BCUT2D eigenvalue weighted by Crippen LogP contribution is 2.28. The van der Waals surface area contributed by atoms with Gasteiger partial charge in [-0.15, -0.1) is 11.3 Å². The zero-order valence-corrected chi connectivity index (χ0v) is 13.7. The van der Waals surface area contributed by atoms with Crippen molar-refractivity contribution < 1.29 is 4.39 Å². The van der Waals surface area contributed by atoms with E-state index in [1.807, 2.05) is 13.0 Å². The molecule has 4 heteroatoms. The summed E-state index contributed by atoms with van der Waals surface area (Å²) in [6.45, 7) is 7.69. The molecule has 114 valence electrons. The first-order chi connectivity index (χ1) is 10.0. The molecule has 1 unspecified atom stereocenters. The fraction of sp³-hybridized carbons (Fsp3) is 0.412. The van der Waals surface area contributed by atoms with E-state index < -0.39 is 0 Å². The summed E-state index contributed by atoms with van der Waals surface area (Å²) in [6.07, 6.45) is 0. The first-order valence-electron chi connectivity index (χ1n) is 7.27. The Bertz CT molecular complexity index is 566. The summed E-state index contributed by atoms with van der Waals surface area (Å²) in [7, 11) is 0. The molecule has 0 amide bonds. The van der Waals surface area contributed by atoms with Gasteiger partial charge in [0.05, 0.1) is 0 Å².